The van der Waals surface area contributed by atoms with Crippen molar-refractivity contribution in [1.82, 2.24) is 10.1 Å². The molecule has 0 atom stereocenters. The van der Waals surface area contributed by atoms with E-state index in [0.29, 0.717) is 5.56 Å². The molecule has 17 heavy (non-hydrogen) atoms. The van der Waals surface area contributed by atoms with E-state index in [-0.39, 0.29) is 11.6 Å². The fourth-order valence-electron chi connectivity index (χ4n) is 1.10. The highest BCUT2D eigenvalue weighted by Gasteiger charge is 2.40. The van der Waals surface area contributed by atoms with Gasteiger partial charge in [-0.3, -0.25) is 0 Å². The van der Waals surface area contributed by atoms with Gasteiger partial charge < -0.3 is 9.63 Å². The van der Waals surface area contributed by atoms with Crippen LogP contribution in [0, 0.1) is 0 Å². The minimum atomic E-state index is -3.86. The highest BCUT2D eigenvalue weighted by atomic mass is 32.2. The highest BCUT2D eigenvalue weighted by Crippen LogP contribution is 2.39. The van der Waals surface area contributed by atoms with Crippen LogP contribution >= 0.6 is 12.1 Å². The number of benzene rings is 1. The molecule has 0 saturated heterocycles. The smallest absolute Gasteiger partial charge is 0.399 e. The summed E-state index contributed by atoms with van der Waals surface area (Å²) in [7, 11) is 0. The van der Waals surface area contributed by atoms with E-state index in [9.17, 15) is 12.7 Å². The average molecular weight is 262 g/mol. The second-order valence-corrected chi connectivity index (χ2v) is 3.73. The maximum absolute atomic E-state index is 12.8. The molecule has 0 aliphatic heterocycles. The Morgan fingerprint density at radius 1 is 1.24 bits per heavy atom. The van der Waals surface area contributed by atoms with Gasteiger partial charge in [0.15, 0.2) is 0 Å². The quantitative estimate of drug-likeness (QED) is 0.920. The summed E-state index contributed by atoms with van der Waals surface area (Å²) >= 11 is -1.18. The zero-order valence-electron chi connectivity index (χ0n) is 8.10. The van der Waals surface area contributed by atoms with Crippen molar-refractivity contribution in [1.29, 1.82) is 0 Å². The van der Waals surface area contributed by atoms with Crippen molar-refractivity contribution in [3.8, 4) is 17.1 Å². The van der Waals surface area contributed by atoms with Crippen LogP contribution in [0.5, 0.6) is 5.75 Å². The maximum atomic E-state index is 12.8. The normalized spacial score (nSPS) is 11.7. The zero-order chi connectivity index (χ0) is 12.5. The van der Waals surface area contributed by atoms with E-state index < -0.39 is 23.3 Å². The molecule has 0 aliphatic carbocycles. The number of hydrogen-bond donors (Lipinski definition) is 1. The van der Waals surface area contributed by atoms with E-state index in [1.165, 1.54) is 24.3 Å². The maximum Gasteiger partial charge on any atom is 0.399 e. The number of hydrogen-bond acceptors (Lipinski definition) is 5. The Hall–Kier alpha value is -1.70. The Kier molecular flexibility index (Phi) is 2.97. The third-order valence-corrected chi connectivity index (χ3v) is 2.27. The van der Waals surface area contributed by atoms with Gasteiger partial charge in [0.1, 0.15) is 17.9 Å². The van der Waals surface area contributed by atoms with Gasteiger partial charge in [-0.15, -0.1) is 0 Å². The van der Waals surface area contributed by atoms with Gasteiger partial charge in [0.2, 0.25) is 5.82 Å². The van der Waals surface area contributed by atoms with Gasteiger partial charge in [-0.1, -0.05) is 5.16 Å². The Morgan fingerprint density at radius 2 is 1.88 bits per heavy atom. The van der Waals surface area contributed by atoms with Gasteiger partial charge >= 0.3 is 11.1 Å². The Balaban J connectivity index is 2.33. The molecule has 0 aliphatic rings. The molecular formula is C9H5F3N2O2S. The van der Waals surface area contributed by atoms with Gasteiger partial charge in [-0.25, -0.2) is 0 Å². The SMILES string of the molecule is Oc1ccc(-c2noc(C(F)(F)SF)n2)cc1. The lowest BCUT2D eigenvalue weighted by atomic mass is 10.2. The zero-order valence-corrected chi connectivity index (χ0v) is 8.92. The molecule has 1 heterocycles. The molecule has 4 nitrogen and oxygen atoms in total. The molecule has 8 heteroatoms. The molecule has 1 aromatic heterocycles. The van der Waals surface area contributed by atoms with Crippen molar-refractivity contribution in [2.24, 2.45) is 0 Å². The van der Waals surface area contributed by atoms with E-state index >= 15 is 0 Å². The number of rotatable bonds is 3. The van der Waals surface area contributed by atoms with Crippen LogP contribution in [-0.2, 0) is 5.25 Å². The summed E-state index contributed by atoms with van der Waals surface area (Å²) in [6, 6.07) is 5.52. The molecule has 0 spiro atoms. The second kappa shape index (κ2) is 4.28. The lowest BCUT2D eigenvalue weighted by Crippen LogP contribution is -2.06. The van der Waals surface area contributed by atoms with Crippen LogP contribution in [0.25, 0.3) is 11.4 Å². The summed E-state index contributed by atoms with van der Waals surface area (Å²) in [6.45, 7) is 0. The molecule has 1 N–H and O–H groups in total. The van der Waals surface area contributed by atoms with Crippen LogP contribution in [0.15, 0.2) is 28.8 Å². The standard InChI is InChI=1S/C9H5F3N2O2S/c10-9(11,17-12)8-13-7(14-16-8)5-1-3-6(15)4-2-5/h1-4,15H. The molecule has 0 fully saturated rings. The van der Waals surface area contributed by atoms with Crippen molar-refractivity contribution < 1.29 is 22.3 Å². The highest BCUT2D eigenvalue weighted by molar-refractivity contribution is 7.94. The van der Waals surface area contributed by atoms with Crippen molar-refractivity contribution in [2.75, 3.05) is 0 Å². The van der Waals surface area contributed by atoms with Crippen molar-refractivity contribution >= 4 is 12.1 Å². The first-order chi connectivity index (χ1) is 8.03. The van der Waals surface area contributed by atoms with E-state index in [0.717, 1.165) is 0 Å². The second-order valence-electron chi connectivity index (χ2n) is 3.06. The van der Waals surface area contributed by atoms with Crippen molar-refractivity contribution in [3.05, 3.63) is 30.2 Å². The molecule has 1 aromatic carbocycles. The van der Waals surface area contributed by atoms with Crippen LogP contribution in [0.1, 0.15) is 5.89 Å². The van der Waals surface area contributed by atoms with Crippen LogP contribution < -0.4 is 0 Å². The predicted molar refractivity (Wildman–Crippen MR) is 54.0 cm³/mol. The Morgan fingerprint density at radius 3 is 2.47 bits per heavy atom. The first-order valence-corrected chi connectivity index (χ1v) is 5.06. The largest absolute Gasteiger partial charge is 0.508 e. The summed E-state index contributed by atoms with van der Waals surface area (Å²) in [4.78, 5) is 3.38. The number of nitrogens with zero attached hydrogens (tertiary/aromatic N) is 2. The van der Waals surface area contributed by atoms with Crippen molar-refractivity contribution in [2.45, 2.75) is 5.25 Å². The summed E-state index contributed by atoms with van der Waals surface area (Å²) < 4.78 is 41.9. The van der Waals surface area contributed by atoms with E-state index in [1.54, 1.807) is 0 Å². The van der Waals surface area contributed by atoms with Crippen LogP contribution in [-0.4, -0.2) is 15.2 Å². The average Bonchev–Trinajstić information content (AvgIpc) is 2.80. The molecule has 0 amide bonds. The molecule has 90 valence electrons. The van der Waals surface area contributed by atoms with Gasteiger partial charge in [0.05, 0.1) is 0 Å². The molecule has 0 bridgehead atoms. The van der Waals surface area contributed by atoms with Crippen molar-refractivity contribution in [3.63, 3.8) is 0 Å². The molecule has 0 saturated carbocycles. The predicted octanol–water partition coefficient (Wildman–Crippen LogP) is 3.11. The van der Waals surface area contributed by atoms with Crippen LogP contribution in [0.4, 0.5) is 12.7 Å². The van der Waals surface area contributed by atoms with Crippen LogP contribution in [0.3, 0.4) is 0 Å². The lowest BCUT2D eigenvalue weighted by Gasteiger charge is -2.02. The summed E-state index contributed by atoms with van der Waals surface area (Å²) in [6.07, 6.45) is 0. The first-order valence-electron chi connectivity index (χ1n) is 4.34. The third kappa shape index (κ3) is 2.36. The third-order valence-electron chi connectivity index (χ3n) is 1.90. The molecule has 2 rings (SSSR count). The van der Waals surface area contributed by atoms with E-state index in [1.807, 2.05) is 0 Å². The van der Waals surface area contributed by atoms with E-state index in [2.05, 4.69) is 14.7 Å². The Bertz CT molecular complexity index is 515. The molecule has 0 unspecified atom stereocenters. The first kappa shape index (κ1) is 11.8. The Labute approximate surface area is 97.7 Å². The number of aromatic hydroxyl groups is 1. The van der Waals surface area contributed by atoms with E-state index in [4.69, 9.17) is 5.11 Å². The number of halogens is 3. The topological polar surface area (TPSA) is 59.2 Å². The minimum absolute atomic E-state index is 0.0158. The van der Waals surface area contributed by atoms with Crippen LogP contribution in [0.2, 0.25) is 0 Å². The van der Waals surface area contributed by atoms with Gasteiger partial charge in [0, 0.05) is 5.56 Å². The number of phenols is 1. The van der Waals surface area contributed by atoms with Gasteiger partial charge in [0.25, 0.3) is 0 Å². The van der Waals surface area contributed by atoms with Gasteiger partial charge in [-0.05, 0) is 24.3 Å². The summed E-state index contributed by atoms with van der Waals surface area (Å²) in [5.41, 5.74) is 0.373. The number of aromatic nitrogens is 2. The fourth-order valence-corrected chi connectivity index (χ4v) is 1.25. The molecular weight excluding hydrogens is 257 g/mol. The number of phenolic OH excluding ortho intramolecular Hbond substituents is 1. The number of alkyl halides is 2. The lowest BCUT2D eigenvalue weighted by molar-refractivity contribution is 0.0610. The summed E-state index contributed by atoms with van der Waals surface area (Å²) in [5, 5.41) is 8.48. The molecule has 2 aromatic rings. The monoisotopic (exact) mass is 262 g/mol. The fraction of sp³-hybridized carbons (Fsp3) is 0.111. The van der Waals surface area contributed by atoms with Gasteiger partial charge in [-0.2, -0.15) is 17.7 Å². The summed E-state index contributed by atoms with van der Waals surface area (Å²) in [5.74, 6) is -1.19. The molecule has 0 radical (unpaired) electrons. The minimum Gasteiger partial charge on any atom is -0.508 e.